The smallest absolute Gasteiger partial charge is 0.307 e. The Balaban J connectivity index is 2.52. The zero-order valence-corrected chi connectivity index (χ0v) is 8.27. The van der Waals surface area contributed by atoms with Crippen molar-refractivity contribution in [3.05, 3.63) is 35.7 Å². The molecule has 0 bridgehead atoms. The lowest BCUT2D eigenvalue weighted by atomic mass is 10.1. The van der Waals surface area contributed by atoms with Crippen LogP contribution in [0.5, 0.6) is 0 Å². The standard InChI is InChI=1S/C11H10N2O2/c1-7-2-3-12-9-4-8(5-10(14)15)6-13-11(7)9/h2-4,6H,5H2,1H3,(H,14,15). The molecule has 2 rings (SSSR count). The minimum Gasteiger partial charge on any atom is -0.481 e. The van der Waals surface area contributed by atoms with Crippen molar-refractivity contribution in [2.45, 2.75) is 13.3 Å². The van der Waals surface area contributed by atoms with Crippen LogP contribution in [0.1, 0.15) is 11.1 Å². The fourth-order valence-corrected chi connectivity index (χ4v) is 1.48. The summed E-state index contributed by atoms with van der Waals surface area (Å²) in [4.78, 5) is 18.9. The van der Waals surface area contributed by atoms with Crippen LogP contribution in [-0.2, 0) is 11.2 Å². The van der Waals surface area contributed by atoms with Gasteiger partial charge in [0.05, 0.1) is 17.5 Å². The highest BCUT2D eigenvalue weighted by Crippen LogP contribution is 2.14. The van der Waals surface area contributed by atoms with Gasteiger partial charge >= 0.3 is 5.97 Å². The molecule has 2 aromatic rings. The Hall–Kier alpha value is -1.97. The maximum absolute atomic E-state index is 10.5. The van der Waals surface area contributed by atoms with Gasteiger partial charge in [-0.25, -0.2) is 0 Å². The number of fused-ring (bicyclic) bond motifs is 1. The highest BCUT2D eigenvalue weighted by Gasteiger charge is 2.04. The number of carboxylic acid groups (broad SMARTS) is 1. The maximum atomic E-state index is 10.5. The Bertz CT molecular complexity index is 523. The summed E-state index contributed by atoms with van der Waals surface area (Å²) in [5, 5.41) is 8.65. The van der Waals surface area contributed by atoms with E-state index >= 15 is 0 Å². The van der Waals surface area contributed by atoms with Gasteiger partial charge in [0, 0.05) is 12.4 Å². The minimum absolute atomic E-state index is 0.0153. The van der Waals surface area contributed by atoms with Gasteiger partial charge < -0.3 is 5.11 Å². The van der Waals surface area contributed by atoms with Gasteiger partial charge in [-0.2, -0.15) is 0 Å². The predicted octanol–water partition coefficient (Wildman–Crippen LogP) is 1.57. The van der Waals surface area contributed by atoms with Crippen molar-refractivity contribution in [3.63, 3.8) is 0 Å². The molecule has 0 saturated carbocycles. The van der Waals surface area contributed by atoms with Crippen LogP contribution in [0.3, 0.4) is 0 Å². The largest absolute Gasteiger partial charge is 0.481 e. The fraction of sp³-hybridized carbons (Fsp3) is 0.182. The first-order valence-corrected chi connectivity index (χ1v) is 4.59. The van der Waals surface area contributed by atoms with Gasteiger partial charge in [-0.1, -0.05) is 0 Å². The summed E-state index contributed by atoms with van der Waals surface area (Å²) in [5.74, 6) is -0.858. The van der Waals surface area contributed by atoms with Crippen molar-refractivity contribution in [1.29, 1.82) is 0 Å². The Labute approximate surface area is 86.6 Å². The molecule has 0 spiro atoms. The average molecular weight is 202 g/mol. The summed E-state index contributed by atoms with van der Waals surface area (Å²) >= 11 is 0. The van der Waals surface area contributed by atoms with Gasteiger partial charge in [-0.3, -0.25) is 14.8 Å². The van der Waals surface area contributed by atoms with Gasteiger partial charge in [0.15, 0.2) is 0 Å². The number of carboxylic acids is 1. The van der Waals surface area contributed by atoms with E-state index in [0.717, 1.165) is 16.6 Å². The number of nitrogens with zero attached hydrogens (tertiary/aromatic N) is 2. The van der Waals surface area contributed by atoms with Crippen LogP contribution >= 0.6 is 0 Å². The summed E-state index contributed by atoms with van der Waals surface area (Å²) in [6, 6.07) is 3.65. The van der Waals surface area contributed by atoms with Crippen LogP contribution in [0, 0.1) is 6.92 Å². The predicted molar refractivity (Wildman–Crippen MR) is 55.6 cm³/mol. The summed E-state index contributed by atoms with van der Waals surface area (Å²) in [6.07, 6.45) is 3.27. The molecule has 0 aliphatic heterocycles. The molecule has 2 heterocycles. The van der Waals surface area contributed by atoms with Crippen molar-refractivity contribution in [3.8, 4) is 0 Å². The number of aryl methyl sites for hydroxylation is 1. The topological polar surface area (TPSA) is 63.1 Å². The van der Waals surface area contributed by atoms with E-state index in [4.69, 9.17) is 5.11 Å². The molecule has 0 unspecified atom stereocenters. The van der Waals surface area contributed by atoms with E-state index in [0.29, 0.717) is 5.56 Å². The molecule has 4 heteroatoms. The number of hydrogen-bond donors (Lipinski definition) is 1. The molecule has 0 amide bonds. The molecule has 0 aliphatic carbocycles. The molecule has 0 aromatic carbocycles. The third-order valence-corrected chi connectivity index (χ3v) is 2.19. The lowest BCUT2D eigenvalue weighted by Gasteiger charge is -2.01. The first-order valence-electron chi connectivity index (χ1n) is 4.59. The number of aliphatic carboxylic acids is 1. The molecular weight excluding hydrogens is 192 g/mol. The molecule has 1 N–H and O–H groups in total. The van der Waals surface area contributed by atoms with Crippen molar-refractivity contribution in [1.82, 2.24) is 9.97 Å². The number of rotatable bonds is 2. The second kappa shape index (κ2) is 3.65. The minimum atomic E-state index is -0.858. The van der Waals surface area contributed by atoms with Crippen molar-refractivity contribution >= 4 is 17.0 Å². The van der Waals surface area contributed by atoms with E-state index in [1.807, 2.05) is 13.0 Å². The van der Waals surface area contributed by atoms with Crippen molar-refractivity contribution in [2.75, 3.05) is 0 Å². The molecule has 0 saturated heterocycles. The van der Waals surface area contributed by atoms with E-state index in [-0.39, 0.29) is 6.42 Å². The Morgan fingerprint density at radius 3 is 3.00 bits per heavy atom. The molecule has 4 nitrogen and oxygen atoms in total. The zero-order valence-electron chi connectivity index (χ0n) is 8.27. The molecule has 2 aromatic heterocycles. The lowest BCUT2D eigenvalue weighted by molar-refractivity contribution is -0.136. The monoisotopic (exact) mass is 202 g/mol. The maximum Gasteiger partial charge on any atom is 0.307 e. The molecule has 0 atom stereocenters. The Morgan fingerprint density at radius 2 is 2.27 bits per heavy atom. The van der Waals surface area contributed by atoms with Gasteiger partial charge in [-0.05, 0) is 30.2 Å². The molecule has 0 aliphatic rings. The normalized spacial score (nSPS) is 10.5. The summed E-state index contributed by atoms with van der Waals surface area (Å²) in [5.41, 5.74) is 3.29. The van der Waals surface area contributed by atoms with Crippen molar-refractivity contribution in [2.24, 2.45) is 0 Å². The highest BCUT2D eigenvalue weighted by atomic mass is 16.4. The molecule has 0 radical (unpaired) electrons. The molecular formula is C11H10N2O2. The first kappa shape index (κ1) is 9.58. The summed E-state index contributed by atoms with van der Waals surface area (Å²) in [6.45, 7) is 1.95. The third-order valence-electron chi connectivity index (χ3n) is 2.19. The van der Waals surface area contributed by atoms with E-state index in [1.54, 1.807) is 18.5 Å². The SMILES string of the molecule is Cc1ccnc2cc(CC(=O)O)cnc12. The summed E-state index contributed by atoms with van der Waals surface area (Å²) in [7, 11) is 0. The van der Waals surface area contributed by atoms with Gasteiger partial charge in [0.2, 0.25) is 0 Å². The van der Waals surface area contributed by atoms with Gasteiger partial charge in [0.1, 0.15) is 0 Å². The van der Waals surface area contributed by atoms with Crippen LogP contribution in [0.25, 0.3) is 11.0 Å². The molecule has 76 valence electrons. The lowest BCUT2D eigenvalue weighted by Crippen LogP contribution is -2.01. The quantitative estimate of drug-likeness (QED) is 0.802. The highest BCUT2D eigenvalue weighted by molar-refractivity contribution is 5.79. The van der Waals surface area contributed by atoms with E-state index < -0.39 is 5.97 Å². The second-order valence-corrected chi connectivity index (χ2v) is 3.41. The fourth-order valence-electron chi connectivity index (χ4n) is 1.48. The number of carbonyl (C=O) groups is 1. The van der Waals surface area contributed by atoms with Crippen LogP contribution in [0.2, 0.25) is 0 Å². The van der Waals surface area contributed by atoms with Crippen LogP contribution in [-0.4, -0.2) is 21.0 Å². The Morgan fingerprint density at radius 1 is 1.47 bits per heavy atom. The Kier molecular flexibility index (Phi) is 2.33. The van der Waals surface area contributed by atoms with Crippen LogP contribution in [0.4, 0.5) is 0 Å². The first-order chi connectivity index (χ1) is 7.16. The number of pyridine rings is 2. The van der Waals surface area contributed by atoms with Gasteiger partial charge in [-0.15, -0.1) is 0 Å². The summed E-state index contributed by atoms with van der Waals surface area (Å²) < 4.78 is 0. The zero-order chi connectivity index (χ0) is 10.8. The number of hydrogen-bond acceptors (Lipinski definition) is 3. The molecule has 15 heavy (non-hydrogen) atoms. The van der Waals surface area contributed by atoms with E-state index in [2.05, 4.69) is 9.97 Å². The van der Waals surface area contributed by atoms with Crippen LogP contribution < -0.4 is 0 Å². The van der Waals surface area contributed by atoms with Crippen LogP contribution in [0.15, 0.2) is 24.5 Å². The third kappa shape index (κ3) is 1.93. The van der Waals surface area contributed by atoms with E-state index in [1.165, 1.54) is 0 Å². The average Bonchev–Trinajstić information content (AvgIpc) is 2.17. The van der Waals surface area contributed by atoms with Gasteiger partial charge in [0.25, 0.3) is 0 Å². The second-order valence-electron chi connectivity index (χ2n) is 3.41. The van der Waals surface area contributed by atoms with E-state index in [9.17, 15) is 4.79 Å². The molecule has 0 fully saturated rings. The van der Waals surface area contributed by atoms with Crippen molar-refractivity contribution < 1.29 is 9.90 Å². The number of aromatic nitrogens is 2.